The molecule has 1 aliphatic heterocycles. The third-order valence-corrected chi connectivity index (χ3v) is 5.01. The number of nitrogens with zero attached hydrogens (tertiary/aromatic N) is 1. The van der Waals surface area contributed by atoms with E-state index < -0.39 is 0 Å². The number of thiophene rings is 1. The molecule has 114 valence electrons. The van der Waals surface area contributed by atoms with Gasteiger partial charge in [-0.05, 0) is 52.0 Å². The van der Waals surface area contributed by atoms with E-state index in [9.17, 15) is 9.59 Å². The number of hydrogen-bond acceptors (Lipinski definition) is 4. The molecule has 6 heteroatoms. The summed E-state index contributed by atoms with van der Waals surface area (Å²) in [6, 6.07) is 8.97. The molecule has 0 unspecified atom stereocenters. The molecule has 0 radical (unpaired) electrons. The van der Waals surface area contributed by atoms with E-state index in [2.05, 4.69) is 15.9 Å². The lowest BCUT2D eigenvalue weighted by atomic mass is 10.2. The first-order valence-electron chi connectivity index (χ1n) is 6.94. The van der Waals surface area contributed by atoms with Crippen molar-refractivity contribution >= 4 is 44.8 Å². The maximum absolute atomic E-state index is 12.1. The molecule has 1 amide bonds. The van der Waals surface area contributed by atoms with Gasteiger partial charge in [0.1, 0.15) is 6.61 Å². The Labute approximate surface area is 140 Å². The van der Waals surface area contributed by atoms with Gasteiger partial charge in [0.05, 0.1) is 9.35 Å². The van der Waals surface area contributed by atoms with Crippen LogP contribution in [0.1, 0.15) is 28.8 Å². The van der Waals surface area contributed by atoms with Gasteiger partial charge in [0.25, 0.3) is 0 Å². The van der Waals surface area contributed by atoms with Gasteiger partial charge in [0, 0.05) is 24.2 Å². The Morgan fingerprint density at radius 1 is 1.36 bits per heavy atom. The Balaban J connectivity index is 1.68. The molecule has 1 aliphatic rings. The summed E-state index contributed by atoms with van der Waals surface area (Å²) in [5.41, 5.74) is 2.18. The fraction of sp³-hybridized carbons (Fsp3) is 0.250. The number of carbonyl (C=O) groups is 2. The highest BCUT2D eigenvalue weighted by Crippen LogP contribution is 2.24. The maximum Gasteiger partial charge on any atom is 0.338 e. The van der Waals surface area contributed by atoms with Crippen LogP contribution in [0.5, 0.6) is 0 Å². The molecule has 1 aromatic heterocycles. The van der Waals surface area contributed by atoms with Crippen molar-refractivity contribution in [2.24, 2.45) is 0 Å². The maximum atomic E-state index is 12.1. The molecule has 0 N–H and O–H groups in total. The molecule has 1 fully saturated rings. The summed E-state index contributed by atoms with van der Waals surface area (Å²) in [4.78, 5) is 25.6. The molecule has 2 heterocycles. The van der Waals surface area contributed by atoms with Crippen LogP contribution in [-0.2, 0) is 16.1 Å². The van der Waals surface area contributed by atoms with Crippen LogP contribution < -0.4 is 4.90 Å². The first kappa shape index (κ1) is 15.2. The lowest BCUT2D eigenvalue weighted by Crippen LogP contribution is -2.23. The highest BCUT2D eigenvalue weighted by molar-refractivity contribution is 9.11. The van der Waals surface area contributed by atoms with Gasteiger partial charge < -0.3 is 9.64 Å². The van der Waals surface area contributed by atoms with E-state index >= 15 is 0 Å². The number of hydrogen-bond donors (Lipinski definition) is 0. The van der Waals surface area contributed by atoms with Crippen molar-refractivity contribution in [1.29, 1.82) is 0 Å². The van der Waals surface area contributed by atoms with Crippen LogP contribution in [0.15, 0.2) is 39.5 Å². The van der Waals surface area contributed by atoms with Gasteiger partial charge >= 0.3 is 5.97 Å². The van der Waals surface area contributed by atoms with E-state index in [1.165, 1.54) is 0 Å². The van der Waals surface area contributed by atoms with Crippen LogP contribution in [0, 0.1) is 0 Å². The zero-order chi connectivity index (χ0) is 15.5. The Morgan fingerprint density at radius 2 is 2.23 bits per heavy atom. The second kappa shape index (κ2) is 6.62. The van der Waals surface area contributed by atoms with Crippen LogP contribution in [-0.4, -0.2) is 18.4 Å². The van der Waals surface area contributed by atoms with Crippen molar-refractivity contribution in [3.8, 4) is 0 Å². The Bertz CT molecular complexity index is 713. The lowest BCUT2D eigenvalue weighted by Gasteiger charge is -2.16. The van der Waals surface area contributed by atoms with E-state index in [-0.39, 0.29) is 18.5 Å². The van der Waals surface area contributed by atoms with Gasteiger partial charge in [0.2, 0.25) is 5.91 Å². The first-order valence-corrected chi connectivity index (χ1v) is 8.61. The molecule has 0 bridgehead atoms. The summed E-state index contributed by atoms with van der Waals surface area (Å²) in [6.45, 7) is 0.952. The number of amides is 1. The fourth-order valence-corrected chi connectivity index (χ4v) is 3.57. The number of esters is 1. The van der Waals surface area contributed by atoms with Crippen molar-refractivity contribution in [2.45, 2.75) is 19.4 Å². The zero-order valence-corrected chi connectivity index (χ0v) is 14.2. The first-order chi connectivity index (χ1) is 10.6. The van der Waals surface area contributed by atoms with Gasteiger partial charge in [-0.25, -0.2) is 4.79 Å². The van der Waals surface area contributed by atoms with Crippen molar-refractivity contribution in [1.82, 2.24) is 0 Å². The summed E-state index contributed by atoms with van der Waals surface area (Å²) in [7, 11) is 0. The number of halogens is 1. The average Bonchev–Trinajstić information content (AvgIpc) is 3.13. The quantitative estimate of drug-likeness (QED) is 0.754. The van der Waals surface area contributed by atoms with Gasteiger partial charge in [-0.15, -0.1) is 11.3 Å². The van der Waals surface area contributed by atoms with Crippen LogP contribution in [0.2, 0.25) is 0 Å². The molecule has 1 saturated heterocycles. The van der Waals surface area contributed by atoms with E-state index in [1.54, 1.807) is 34.4 Å². The van der Waals surface area contributed by atoms with Crippen molar-refractivity contribution in [2.75, 3.05) is 11.4 Å². The zero-order valence-electron chi connectivity index (χ0n) is 11.8. The number of rotatable bonds is 4. The monoisotopic (exact) mass is 379 g/mol. The molecule has 22 heavy (non-hydrogen) atoms. The summed E-state index contributed by atoms with van der Waals surface area (Å²) in [5, 5.41) is 1.94. The minimum atomic E-state index is -0.379. The summed E-state index contributed by atoms with van der Waals surface area (Å²) in [6.07, 6.45) is 1.43. The summed E-state index contributed by atoms with van der Waals surface area (Å²) >= 11 is 4.93. The molecule has 0 aliphatic carbocycles. The molecular formula is C16H14BrNO3S. The van der Waals surface area contributed by atoms with Crippen LogP contribution in [0.3, 0.4) is 0 Å². The standard InChI is InChI=1S/C16H14BrNO3S/c17-14-7-11(10-22-14)9-21-16(20)12-3-1-4-13(8-12)18-6-2-5-15(18)19/h1,3-4,7-8,10H,2,5-6,9H2. The van der Waals surface area contributed by atoms with Gasteiger partial charge in [0.15, 0.2) is 0 Å². The largest absolute Gasteiger partial charge is 0.457 e. The molecule has 1 aromatic carbocycles. The van der Waals surface area contributed by atoms with E-state index in [0.717, 1.165) is 21.5 Å². The van der Waals surface area contributed by atoms with Gasteiger partial charge in [-0.2, -0.15) is 0 Å². The molecule has 0 saturated carbocycles. The molecule has 0 atom stereocenters. The molecule has 4 nitrogen and oxygen atoms in total. The Morgan fingerprint density at radius 3 is 2.91 bits per heavy atom. The number of carbonyl (C=O) groups excluding carboxylic acids is 2. The Hall–Kier alpha value is -1.66. The highest BCUT2D eigenvalue weighted by Gasteiger charge is 2.22. The normalized spacial score (nSPS) is 14.4. The van der Waals surface area contributed by atoms with Gasteiger partial charge in [-0.3, -0.25) is 4.79 Å². The minimum Gasteiger partial charge on any atom is -0.457 e. The number of anilines is 1. The van der Waals surface area contributed by atoms with Crippen LogP contribution in [0.25, 0.3) is 0 Å². The molecular weight excluding hydrogens is 366 g/mol. The molecule has 2 aromatic rings. The van der Waals surface area contributed by atoms with E-state index in [1.807, 2.05) is 17.5 Å². The molecule has 3 rings (SSSR count). The minimum absolute atomic E-state index is 0.105. The summed E-state index contributed by atoms with van der Waals surface area (Å²) in [5.74, 6) is -0.274. The second-order valence-electron chi connectivity index (χ2n) is 5.03. The van der Waals surface area contributed by atoms with Crippen molar-refractivity contribution < 1.29 is 14.3 Å². The van der Waals surface area contributed by atoms with Crippen LogP contribution >= 0.6 is 27.3 Å². The second-order valence-corrected chi connectivity index (χ2v) is 7.32. The van der Waals surface area contributed by atoms with Gasteiger partial charge in [-0.1, -0.05) is 6.07 Å². The predicted octanol–water partition coefficient (Wildman–Crippen LogP) is 3.99. The third-order valence-electron chi connectivity index (χ3n) is 3.46. The smallest absolute Gasteiger partial charge is 0.338 e. The predicted molar refractivity (Wildman–Crippen MR) is 89.2 cm³/mol. The Kier molecular flexibility index (Phi) is 4.59. The SMILES string of the molecule is O=C(OCc1csc(Br)c1)c1cccc(N2CCCC2=O)c1. The third kappa shape index (κ3) is 3.39. The average molecular weight is 380 g/mol. The highest BCUT2D eigenvalue weighted by atomic mass is 79.9. The van der Waals surface area contributed by atoms with E-state index in [4.69, 9.17) is 4.74 Å². The topological polar surface area (TPSA) is 46.6 Å². The molecule has 0 spiro atoms. The number of ether oxygens (including phenoxy) is 1. The number of benzene rings is 1. The van der Waals surface area contributed by atoms with Crippen LogP contribution in [0.4, 0.5) is 5.69 Å². The van der Waals surface area contributed by atoms with Crippen molar-refractivity contribution in [3.05, 3.63) is 50.6 Å². The van der Waals surface area contributed by atoms with Crippen molar-refractivity contribution in [3.63, 3.8) is 0 Å². The fourth-order valence-electron chi connectivity index (χ4n) is 2.38. The van der Waals surface area contributed by atoms with E-state index in [0.29, 0.717) is 18.5 Å². The summed E-state index contributed by atoms with van der Waals surface area (Å²) < 4.78 is 6.32. The lowest BCUT2D eigenvalue weighted by molar-refractivity contribution is -0.117.